The summed E-state index contributed by atoms with van der Waals surface area (Å²) in [5, 5.41) is 17.9. The highest BCUT2D eigenvalue weighted by Gasteiger charge is 2.24. The van der Waals surface area contributed by atoms with Gasteiger partial charge in [0, 0.05) is 24.8 Å². The number of tetrazole rings is 1. The van der Waals surface area contributed by atoms with Crippen LogP contribution in [0.4, 0.5) is 10.5 Å². The lowest BCUT2D eigenvalue weighted by molar-refractivity contribution is 0.133. The van der Waals surface area contributed by atoms with Crippen molar-refractivity contribution in [1.82, 2.24) is 30.4 Å². The summed E-state index contributed by atoms with van der Waals surface area (Å²) in [6.45, 7) is 5.29. The van der Waals surface area contributed by atoms with E-state index in [1.54, 1.807) is 0 Å². The zero-order valence-electron chi connectivity index (χ0n) is 15.3. The number of benzene rings is 1. The lowest BCUT2D eigenvalue weighted by Gasteiger charge is -2.35. The predicted molar refractivity (Wildman–Crippen MR) is 99.6 cm³/mol. The second-order valence-corrected chi connectivity index (χ2v) is 6.64. The Bertz CT molecular complexity index is 688. The number of nitrogens with one attached hydrogen (secondary N) is 2. The molecule has 1 atom stereocenters. The summed E-state index contributed by atoms with van der Waals surface area (Å²) in [6, 6.07) is 9.61. The molecule has 1 saturated heterocycles. The summed E-state index contributed by atoms with van der Waals surface area (Å²) in [5.74, 6) is 0.896. The highest BCUT2D eigenvalue weighted by molar-refractivity contribution is 5.89. The van der Waals surface area contributed by atoms with E-state index in [9.17, 15) is 4.79 Å². The molecule has 1 unspecified atom stereocenters. The van der Waals surface area contributed by atoms with Crippen molar-refractivity contribution in [2.45, 2.75) is 51.7 Å². The number of carbonyl (C=O) groups excluding carboxylic acids is 1. The first-order valence-corrected chi connectivity index (χ1v) is 9.35. The van der Waals surface area contributed by atoms with E-state index in [0.717, 1.165) is 44.0 Å². The minimum Gasteiger partial charge on any atom is -0.336 e. The second-order valence-electron chi connectivity index (χ2n) is 6.64. The molecular weight excluding hydrogens is 330 g/mol. The zero-order chi connectivity index (χ0) is 18.2. The van der Waals surface area contributed by atoms with Gasteiger partial charge in [-0.05, 0) is 48.4 Å². The summed E-state index contributed by atoms with van der Waals surface area (Å²) in [7, 11) is 0. The van der Waals surface area contributed by atoms with Crippen LogP contribution >= 0.6 is 0 Å². The minimum absolute atomic E-state index is 0.169. The number of amides is 2. The smallest absolute Gasteiger partial charge is 0.319 e. The van der Waals surface area contributed by atoms with Crippen LogP contribution in [0.1, 0.15) is 38.4 Å². The van der Waals surface area contributed by atoms with Crippen molar-refractivity contribution >= 4 is 11.7 Å². The lowest BCUT2D eigenvalue weighted by Crippen LogP contribution is -2.47. The fourth-order valence-corrected chi connectivity index (χ4v) is 3.31. The van der Waals surface area contributed by atoms with Crippen LogP contribution in [-0.2, 0) is 13.1 Å². The summed E-state index contributed by atoms with van der Waals surface area (Å²) in [6.07, 6.45) is 4.43. The summed E-state index contributed by atoms with van der Waals surface area (Å²) in [4.78, 5) is 14.5. The van der Waals surface area contributed by atoms with E-state index < -0.39 is 0 Å². The Morgan fingerprint density at radius 3 is 2.92 bits per heavy atom. The average molecular weight is 357 g/mol. The van der Waals surface area contributed by atoms with Gasteiger partial charge in [0.25, 0.3) is 0 Å². The molecular formula is C18H27N7O. The molecule has 2 amide bonds. The Hall–Kier alpha value is -2.48. The Morgan fingerprint density at radius 2 is 2.12 bits per heavy atom. The van der Waals surface area contributed by atoms with Gasteiger partial charge in [-0.2, -0.15) is 0 Å². The molecule has 0 saturated carbocycles. The Morgan fingerprint density at radius 1 is 1.27 bits per heavy atom. The number of piperidine rings is 1. The van der Waals surface area contributed by atoms with Gasteiger partial charge in [0.1, 0.15) is 0 Å². The third kappa shape index (κ3) is 5.01. The first-order valence-electron chi connectivity index (χ1n) is 9.35. The fraction of sp³-hybridized carbons (Fsp3) is 0.556. The van der Waals surface area contributed by atoms with E-state index in [1.807, 2.05) is 35.0 Å². The topological polar surface area (TPSA) is 88.0 Å². The number of nitrogens with zero attached hydrogens (tertiary/aromatic N) is 5. The van der Waals surface area contributed by atoms with Gasteiger partial charge in [0.15, 0.2) is 5.82 Å². The van der Waals surface area contributed by atoms with Crippen LogP contribution in [-0.4, -0.2) is 50.3 Å². The monoisotopic (exact) mass is 357 g/mol. The number of aromatic nitrogens is 4. The molecule has 0 radical (unpaired) electrons. The van der Waals surface area contributed by atoms with Gasteiger partial charge in [-0.3, -0.25) is 4.90 Å². The number of urea groups is 1. The van der Waals surface area contributed by atoms with Crippen molar-refractivity contribution in [2.24, 2.45) is 0 Å². The number of para-hydroxylation sites is 1. The van der Waals surface area contributed by atoms with Crippen molar-refractivity contribution in [3.8, 4) is 0 Å². The standard InChI is InChI=1S/C18H27N7O/c1-2-11-25-17(21-22-23-25)14-24-12-7-6-10-16(24)13-19-18(26)20-15-8-4-3-5-9-15/h3-5,8-9,16H,2,6-7,10-14H2,1H3,(H2,19,20,26). The molecule has 8 nitrogen and oxygen atoms in total. The molecule has 140 valence electrons. The first kappa shape index (κ1) is 18.3. The van der Waals surface area contributed by atoms with Gasteiger partial charge in [0.05, 0.1) is 6.54 Å². The molecule has 2 N–H and O–H groups in total. The van der Waals surface area contributed by atoms with E-state index >= 15 is 0 Å². The molecule has 1 aliphatic heterocycles. The van der Waals surface area contributed by atoms with Crippen LogP contribution in [0.2, 0.25) is 0 Å². The van der Waals surface area contributed by atoms with Gasteiger partial charge < -0.3 is 10.6 Å². The van der Waals surface area contributed by atoms with Gasteiger partial charge in [-0.25, -0.2) is 9.48 Å². The molecule has 0 spiro atoms. The van der Waals surface area contributed by atoms with Crippen LogP contribution in [0.3, 0.4) is 0 Å². The number of anilines is 1. The highest BCUT2D eigenvalue weighted by atomic mass is 16.2. The van der Waals surface area contributed by atoms with Crippen LogP contribution in [0, 0.1) is 0 Å². The number of rotatable bonds is 7. The molecule has 26 heavy (non-hydrogen) atoms. The molecule has 1 aromatic heterocycles. The number of hydrogen-bond acceptors (Lipinski definition) is 5. The third-order valence-electron chi connectivity index (χ3n) is 4.66. The molecule has 2 aromatic rings. The maximum atomic E-state index is 12.1. The Kier molecular flexibility index (Phi) is 6.54. The van der Waals surface area contributed by atoms with Crippen LogP contribution < -0.4 is 10.6 Å². The molecule has 0 bridgehead atoms. The van der Waals surface area contributed by atoms with Crippen molar-refractivity contribution in [3.63, 3.8) is 0 Å². The number of hydrogen-bond donors (Lipinski definition) is 2. The summed E-state index contributed by atoms with van der Waals surface area (Å²) >= 11 is 0. The molecule has 8 heteroatoms. The molecule has 1 aromatic carbocycles. The van der Waals surface area contributed by atoms with Gasteiger partial charge in [-0.1, -0.05) is 31.5 Å². The molecule has 3 rings (SSSR count). The van der Waals surface area contributed by atoms with Crippen LogP contribution in [0.5, 0.6) is 0 Å². The van der Waals surface area contributed by atoms with Crippen molar-refractivity contribution in [2.75, 3.05) is 18.4 Å². The maximum absolute atomic E-state index is 12.1. The van der Waals surface area contributed by atoms with E-state index in [4.69, 9.17) is 0 Å². The molecule has 1 fully saturated rings. The van der Waals surface area contributed by atoms with Crippen LogP contribution in [0.25, 0.3) is 0 Å². The zero-order valence-corrected chi connectivity index (χ0v) is 15.3. The predicted octanol–water partition coefficient (Wildman–Crippen LogP) is 2.26. The summed E-state index contributed by atoms with van der Waals surface area (Å²) in [5.41, 5.74) is 0.796. The largest absolute Gasteiger partial charge is 0.336 e. The molecule has 2 heterocycles. The first-order chi connectivity index (χ1) is 12.8. The number of likely N-dealkylation sites (tertiary alicyclic amines) is 1. The Balaban J connectivity index is 1.53. The van der Waals surface area contributed by atoms with Gasteiger partial charge >= 0.3 is 6.03 Å². The minimum atomic E-state index is -0.169. The van der Waals surface area contributed by atoms with Crippen molar-refractivity contribution in [1.29, 1.82) is 0 Å². The van der Waals surface area contributed by atoms with E-state index in [2.05, 4.69) is 38.0 Å². The quantitative estimate of drug-likeness (QED) is 0.793. The molecule has 0 aliphatic carbocycles. The summed E-state index contributed by atoms with van der Waals surface area (Å²) < 4.78 is 1.88. The van der Waals surface area contributed by atoms with E-state index in [1.165, 1.54) is 12.8 Å². The number of carbonyl (C=O) groups is 1. The third-order valence-corrected chi connectivity index (χ3v) is 4.66. The van der Waals surface area contributed by atoms with Crippen molar-refractivity contribution in [3.05, 3.63) is 36.2 Å². The Labute approximate surface area is 154 Å². The van der Waals surface area contributed by atoms with Gasteiger partial charge in [0.2, 0.25) is 0 Å². The van der Waals surface area contributed by atoms with Crippen LogP contribution in [0.15, 0.2) is 30.3 Å². The fourth-order valence-electron chi connectivity index (χ4n) is 3.31. The second kappa shape index (κ2) is 9.28. The van der Waals surface area contributed by atoms with Gasteiger partial charge in [-0.15, -0.1) is 5.10 Å². The van der Waals surface area contributed by atoms with E-state index in [0.29, 0.717) is 12.6 Å². The normalized spacial score (nSPS) is 17.8. The SMILES string of the molecule is CCCn1nnnc1CN1CCCCC1CNC(=O)Nc1ccccc1. The molecule has 1 aliphatic rings. The maximum Gasteiger partial charge on any atom is 0.319 e. The number of aryl methyl sites for hydroxylation is 1. The highest BCUT2D eigenvalue weighted by Crippen LogP contribution is 2.18. The van der Waals surface area contributed by atoms with Crippen molar-refractivity contribution < 1.29 is 4.79 Å². The lowest BCUT2D eigenvalue weighted by atomic mass is 10.0. The van der Waals surface area contributed by atoms with E-state index in [-0.39, 0.29) is 6.03 Å². The average Bonchev–Trinajstić information content (AvgIpc) is 3.09.